The molecule has 0 aliphatic heterocycles. The van der Waals surface area contributed by atoms with Crippen LogP contribution >= 0.6 is 11.6 Å². The quantitative estimate of drug-likeness (QED) is 0.891. The van der Waals surface area contributed by atoms with Crippen LogP contribution in [-0.2, 0) is 0 Å². The number of halogens is 1. The van der Waals surface area contributed by atoms with Crippen LogP contribution in [0.3, 0.4) is 0 Å². The van der Waals surface area contributed by atoms with E-state index in [0.29, 0.717) is 10.6 Å². The van der Waals surface area contributed by atoms with E-state index >= 15 is 0 Å². The van der Waals surface area contributed by atoms with Crippen LogP contribution < -0.4 is 11.1 Å². The van der Waals surface area contributed by atoms with Crippen LogP contribution in [0.25, 0.3) is 0 Å². The second-order valence-electron chi connectivity index (χ2n) is 3.98. The molecule has 2 aromatic rings. The summed E-state index contributed by atoms with van der Waals surface area (Å²) in [5, 5.41) is 3.59. The van der Waals surface area contributed by atoms with Gasteiger partial charge in [-0.1, -0.05) is 11.6 Å². The first-order chi connectivity index (χ1) is 8.58. The molecule has 3 N–H and O–H groups in total. The molecule has 0 radical (unpaired) electrons. The van der Waals surface area contributed by atoms with Crippen LogP contribution in [0.2, 0.25) is 5.02 Å². The molecule has 0 bridgehead atoms. The first kappa shape index (κ1) is 12.5. The molecule has 2 rings (SSSR count). The highest BCUT2D eigenvalue weighted by Crippen LogP contribution is 2.24. The van der Waals surface area contributed by atoms with E-state index in [-0.39, 0.29) is 6.04 Å². The number of furan rings is 1. The molecule has 1 aromatic carbocycles. The van der Waals surface area contributed by atoms with Crippen LogP contribution in [0, 0.1) is 0 Å². The summed E-state index contributed by atoms with van der Waals surface area (Å²) in [6.07, 6.45) is 3.30. The van der Waals surface area contributed by atoms with E-state index in [1.807, 2.05) is 13.0 Å². The Kier molecular flexibility index (Phi) is 3.58. The van der Waals surface area contributed by atoms with E-state index in [2.05, 4.69) is 5.32 Å². The molecule has 1 amide bonds. The number of nitrogens with one attached hydrogen (secondary N) is 1. The average Bonchev–Trinajstić information content (AvgIpc) is 2.81. The second kappa shape index (κ2) is 5.14. The summed E-state index contributed by atoms with van der Waals surface area (Å²) in [7, 11) is 0. The van der Waals surface area contributed by atoms with Crippen LogP contribution in [0.5, 0.6) is 0 Å². The fourth-order valence-electron chi connectivity index (χ4n) is 1.66. The molecule has 0 saturated carbocycles. The molecule has 1 atom stereocenters. The highest BCUT2D eigenvalue weighted by molar-refractivity contribution is 6.34. The fourth-order valence-corrected chi connectivity index (χ4v) is 1.93. The summed E-state index contributed by atoms with van der Waals surface area (Å²) >= 11 is 5.97. The first-order valence-corrected chi connectivity index (χ1v) is 5.83. The van der Waals surface area contributed by atoms with Gasteiger partial charge in [0.25, 0.3) is 0 Å². The van der Waals surface area contributed by atoms with Gasteiger partial charge in [0, 0.05) is 11.3 Å². The lowest BCUT2D eigenvalue weighted by Gasteiger charge is -2.14. The zero-order valence-electron chi connectivity index (χ0n) is 9.81. The molecule has 4 nitrogen and oxygen atoms in total. The molecule has 0 spiro atoms. The number of hydrogen-bond donors (Lipinski definition) is 2. The topological polar surface area (TPSA) is 68.3 Å². The van der Waals surface area contributed by atoms with Crippen molar-refractivity contribution >= 4 is 23.2 Å². The number of anilines is 1. The smallest absolute Gasteiger partial charge is 0.250 e. The number of hydrogen-bond acceptors (Lipinski definition) is 3. The Bertz CT molecular complexity index is 552. The molecular formula is C13H13ClN2O2. The van der Waals surface area contributed by atoms with E-state index in [9.17, 15) is 4.79 Å². The van der Waals surface area contributed by atoms with Gasteiger partial charge in [-0.25, -0.2) is 0 Å². The third-order valence-electron chi connectivity index (χ3n) is 2.66. The molecule has 18 heavy (non-hydrogen) atoms. The SMILES string of the molecule is CC(Nc1ccc(C(N)=O)c(Cl)c1)c1ccoc1. The van der Waals surface area contributed by atoms with Crippen LogP contribution in [-0.4, -0.2) is 5.91 Å². The number of carbonyl (C=O) groups is 1. The Morgan fingerprint density at radius 3 is 2.78 bits per heavy atom. The molecule has 1 aromatic heterocycles. The van der Waals surface area contributed by atoms with Gasteiger partial charge in [0.1, 0.15) is 0 Å². The normalized spacial score (nSPS) is 12.1. The van der Waals surface area contributed by atoms with E-state index in [1.165, 1.54) is 0 Å². The summed E-state index contributed by atoms with van der Waals surface area (Å²) < 4.78 is 5.02. The molecular weight excluding hydrogens is 252 g/mol. The van der Waals surface area contributed by atoms with Crippen molar-refractivity contribution < 1.29 is 9.21 Å². The average molecular weight is 265 g/mol. The zero-order valence-corrected chi connectivity index (χ0v) is 10.6. The molecule has 1 heterocycles. The lowest BCUT2D eigenvalue weighted by atomic mass is 10.1. The molecule has 0 fully saturated rings. The molecule has 1 unspecified atom stereocenters. The Morgan fingerprint density at radius 2 is 2.22 bits per heavy atom. The van der Waals surface area contributed by atoms with Crippen LogP contribution in [0.1, 0.15) is 28.9 Å². The summed E-state index contributed by atoms with van der Waals surface area (Å²) in [5.41, 5.74) is 7.36. The second-order valence-corrected chi connectivity index (χ2v) is 4.39. The Labute approximate surface area is 110 Å². The lowest BCUT2D eigenvalue weighted by molar-refractivity contribution is 0.100. The lowest BCUT2D eigenvalue weighted by Crippen LogP contribution is -2.12. The number of rotatable bonds is 4. The van der Waals surface area contributed by atoms with Crippen molar-refractivity contribution in [1.82, 2.24) is 0 Å². The molecule has 5 heteroatoms. The van der Waals surface area contributed by atoms with Crippen molar-refractivity contribution in [2.24, 2.45) is 5.73 Å². The summed E-state index contributed by atoms with van der Waals surface area (Å²) in [6, 6.07) is 7.02. The molecule has 0 saturated heterocycles. The Morgan fingerprint density at radius 1 is 1.44 bits per heavy atom. The van der Waals surface area contributed by atoms with Gasteiger partial charge in [0.15, 0.2) is 0 Å². The van der Waals surface area contributed by atoms with Gasteiger partial charge >= 0.3 is 0 Å². The van der Waals surface area contributed by atoms with E-state index in [1.54, 1.807) is 30.7 Å². The Balaban J connectivity index is 2.15. The minimum Gasteiger partial charge on any atom is -0.472 e. The zero-order chi connectivity index (χ0) is 13.1. The van der Waals surface area contributed by atoms with Gasteiger partial charge in [-0.15, -0.1) is 0 Å². The minimum atomic E-state index is -0.533. The number of carbonyl (C=O) groups excluding carboxylic acids is 1. The van der Waals surface area contributed by atoms with Gasteiger partial charge in [0.2, 0.25) is 5.91 Å². The van der Waals surface area contributed by atoms with Gasteiger partial charge < -0.3 is 15.5 Å². The number of primary amides is 1. The van der Waals surface area contributed by atoms with Crippen molar-refractivity contribution in [2.75, 3.05) is 5.32 Å². The third-order valence-corrected chi connectivity index (χ3v) is 2.97. The van der Waals surface area contributed by atoms with Gasteiger partial charge in [0.05, 0.1) is 29.2 Å². The van der Waals surface area contributed by atoms with E-state index in [0.717, 1.165) is 11.3 Å². The van der Waals surface area contributed by atoms with Gasteiger partial charge in [-0.3, -0.25) is 4.79 Å². The van der Waals surface area contributed by atoms with Crippen molar-refractivity contribution in [2.45, 2.75) is 13.0 Å². The number of benzene rings is 1. The predicted molar refractivity (Wildman–Crippen MR) is 70.7 cm³/mol. The summed E-state index contributed by atoms with van der Waals surface area (Å²) in [4.78, 5) is 11.0. The maximum absolute atomic E-state index is 11.0. The van der Waals surface area contributed by atoms with E-state index in [4.69, 9.17) is 21.8 Å². The fraction of sp³-hybridized carbons (Fsp3) is 0.154. The van der Waals surface area contributed by atoms with Crippen LogP contribution in [0.4, 0.5) is 5.69 Å². The maximum Gasteiger partial charge on any atom is 0.250 e. The number of amides is 1. The van der Waals surface area contributed by atoms with Gasteiger partial charge in [-0.2, -0.15) is 0 Å². The van der Waals surface area contributed by atoms with Crippen LogP contribution in [0.15, 0.2) is 41.2 Å². The Hall–Kier alpha value is -1.94. The predicted octanol–water partition coefficient (Wildman–Crippen LogP) is 3.21. The maximum atomic E-state index is 11.0. The first-order valence-electron chi connectivity index (χ1n) is 5.46. The highest BCUT2D eigenvalue weighted by atomic mass is 35.5. The molecule has 0 aliphatic carbocycles. The molecule has 0 aliphatic rings. The van der Waals surface area contributed by atoms with E-state index < -0.39 is 5.91 Å². The third kappa shape index (κ3) is 2.65. The monoisotopic (exact) mass is 264 g/mol. The number of nitrogens with two attached hydrogens (primary N) is 1. The van der Waals surface area contributed by atoms with Gasteiger partial charge in [-0.05, 0) is 31.2 Å². The van der Waals surface area contributed by atoms with Crippen molar-refractivity contribution in [3.8, 4) is 0 Å². The van der Waals surface area contributed by atoms with Crippen molar-refractivity contribution in [3.63, 3.8) is 0 Å². The summed E-state index contributed by atoms with van der Waals surface area (Å²) in [5.74, 6) is -0.533. The minimum absolute atomic E-state index is 0.0826. The standard InChI is InChI=1S/C13H13ClN2O2/c1-8(9-4-5-18-7-9)16-10-2-3-11(13(15)17)12(14)6-10/h2-8,16H,1H3,(H2,15,17). The summed E-state index contributed by atoms with van der Waals surface area (Å²) in [6.45, 7) is 2.00. The van der Waals surface area contributed by atoms with Crippen molar-refractivity contribution in [1.29, 1.82) is 0 Å². The molecule has 94 valence electrons. The largest absolute Gasteiger partial charge is 0.472 e. The highest BCUT2D eigenvalue weighted by Gasteiger charge is 2.10. The van der Waals surface area contributed by atoms with Crippen molar-refractivity contribution in [3.05, 3.63) is 52.9 Å².